The van der Waals surface area contributed by atoms with Crippen LogP contribution in [0.25, 0.3) is 23.0 Å². The summed E-state index contributed by atoms with van der Waals surface area (Å²) in [6.07, 6.45) is 3.33. The number of carbonyl (C=O) groups is 1. The Morgan fingerprint density at radius 3 is 2.72 bits per heavy atom. The van der Waals surface area contributed by atoms with Crippen LogP contribution in [0.1, 0.15) is 29.6 Å². The first kappa shape index (κ1) is 16.1. The first-order valence-electron chi connectivity index (χ1n) is 8.20. The van der Waals surface area contributed by atoms with Crippen molar-refractivity contribution in [1.82, 2.24) is 15.0 Å². The number of furan rings is 1. The molecule has 1 fully saturated rings. The monoisotopic (exact) mass is 401 g/mol. The van der Waals surface area contributed by atoms with Gasteiger partial charge in [0.25, 0.3) is 11.8 Å². The van der Waals surface area contributed by atoms with Gasteiger partial charge in [-0.15, -0.1) is 0 Å². The minimum absolute atomic E-state index is 0.0558. The number of hydrogen-bond donors (Lipinski definition) is 0. The van der Waals surface area contributed by atoms with E-state index in [1.807, 2.05) is 29.2 Å². The number of hydrogen-bond acceptors (Lipinski definition) is 5. The van der Waals surface area contributed by atoms with Crippen LogP contribution in [-0.4, -0.2) is 34.0 Å². The second kappa shape index (κ2) is 6.84. The molecule has 128 valence electrons. The van der Waals surface area contributed by atoms with Crippen LogP contribution >= 0.6 is 15.9 Å². The molecule has 0 aliphatic carbocycles. The molecular weight excluding hydrogens is 386 g/mol. The topological polar surface area (TPSA) is 72.4 Å². The first-order chi connectivity index (χ1) is 12.2. The number of aromatic nitrogens is 2. The second-order valence-corrected chi connectivity index (χ2v) is 6.74. The number of piperidine rings is 1. The lowest BCUT2D eigenvalue weighted by molar-refractivity contribution is 0.0724. The van der Waals surface area contributed by atoms with Gasteiger partial charge in [0.1, 0.15) is 0 Å². The highest BCUT2D eigenvalue weighted by Gasteiger charge is 2.19. The predicted octanol–water partition coefficient (Wildman–Crippen LogP) is 4.39. The minimum Gasteiger partial charge on any atom is -0.444 e. The van der Waals surface area contributed by atoms with Crippen LogP contribution in [0.4, 0.5) is 0 Å². The maximum Gasteiger partial charge on any atom is 0.293 e. The van der Waals surface area contributed by atoms with Crippen LogP contribution in [-0.2, 0) is 0 Å². The van der Waals surface area contributed by atoms with Gasteiger partial charge in [-0.3, -0.25) is 4.79 Å². The smallest absolute Gasteiger partial charge is 0.293 e. The maximum atomic E-state index is 12.7. The van der Waals surface area contributed by atoms with E-state index in [0.29, 0.717) is 27.7 Å². The Labute approximate surface area is 152 Å². The summed E-state index contributed by atoms with van der Waals surface area (Å²) in [5.41, 5.74) is 1.38. The van der Waals surface area contributed by atoms with E-state index >= 15 is 0 Å². The molecule has 0 bridgehead atoms. The summed E-state index contributed by atoms with van der Waals surface area (Å²) in [6, 6.07) is 10.8. The third kappa shape index (κ3) is 3.37. The van der Waals surface area contributed by atoms with Crippen molar-refractivity contribution in [2.45, 2.75) is 19.3 Å². The Morgan fingerprint density at radius 1 is 1.12 bits per heavy atom. The Kier molecular flexibility index (Phi) is 4.40. The molecule has 2 aromatic heterocycles. The van der Waals surface area contributed by atoms with E-state index in [0.717, 1.165) is 31.5 Å². The third-order valence-corrected chi connectivity index (χ3v) is 4.65. The summed E-state index contributed by atoms with van der Waals surface area (Å²) >= 11 is 3.25. The number of rotatable bonds is 3. The van der Waals surface area contributed by atoms with Crippen molar-refractivity contribution >= 4 is 21.8 Å². The second-order valence-electron chi connectivity index (χ2n) is 5.96. The highest BCUT2D eigenvalue weighted by atomic mass is 79.9. The van der Waals surface area contributed by atoms with Crippen molar-refractivity contribution < 1.29 is 13.7 Å². The zero-order valence-electron chi connectivity index (χ0n) is 13.4. The molecule has 0 unspecified atom stereocenters. The summed E-state index contributed by atoms with van der Waals surface area (Å²) in [5.74, 6) is 1.27. The molecule has 1 saturated heterocycles. The summed E-state index contributed by atoms with van der Waals surface area (Å²) in [4.78, 5) is 18.9. The lowest BCUT2D eigenvalue weighted by Crippen LogP contribution is -2.35. The molecule has 0 saturated carbocycles. The van der Waals surface area contributed by atoms with Crippen LogP contribution in [0, 0.1) is 0 Å². The van der Waals surface area contributed by atoms with Gasteiger partial charge in [0.05, 0.1) is 0 Å². The fourth-order valence-corrected chi connectivity index (χ4v) is 3.25. The number of nitrogens with zero attached hydrogens (tertiary/aromatic N) is 3. The Balaban J connectivity index is 1.59. The Hall–Kier alpha value is -2.41. The summed E-state index contributed by atoms with van der Waals surface area (Å²) < 4.78 is 11.3. The quantitative estimate of drug-likeness (QED) is 0.650. The summed E-state index contributed by atoms with van der Waals surface area (Å²) in [6.45, 7) is 1.64. The summed E-state index contributed by atoms with van der Waals surface area (Å²) in [5, 5.41) is 4.00. The first-order valence-corrected chi connectivity index (χ1v) is 8.99. The highest BCUT2D eigenvalue weighted by Crippen LogP contribution is 2.26. The standard InChI is InChI=1S/C18H16BrN3O3/c19-15-8-7-14(24-15)17-20-16(21-25-17)12-5-4-6-13(11-12)18(23)22-9-2-1-3-10-22/h4-8,11H,1-3,9-10H2. The van der Waals surface area contributed by atoms with Crippen molar-refractivity contribution in [1.29, 1.82) is 0 Å². The van der Waals surface area contributed by atoms with Crippen molar-refractivity contribution in [2.24, 2.45) is 0 Å². The van der Waals surface area contributed by atoms with E-state index < -0.39 is 0 Å². The minimum atomic E-state index is 0.0558. The third-order valence-electron chi connectivity index (χ3n) is 4.22. The van der Waals surface area contributed by atoms with E-state index in [4.69, 9.17) is 8.94 Å². The van der Waals surface area contributed by atoms with Crippen molar-refractivity contribution in [2.75, 3.05) is 13.1 Å². The van der Waals surface area contributed by atoms with Gasteiger partial charge in [-0.2, -0.15) is 4.98 Å². The normalized spacial score (nSPS) is 14.7. The zero-order valence-corrected chi connectivity index (χ0v) is 15.0. The Bertz CT molecular complexity index is 896. The highest BCUT2D eigenvalue weighted by molar-refractivity contribution is 9.10. The maximum absolute atomic E-state index is 12.7. The van der Waals surface area contributed by atoms with Crippen LogP contribution in [0.3, 0.4) is 0 Å². The molecule has 7 heteroatoms. The van der Waals surface area contributed by atoms with Crippen molar-refractivity contribution in [3.05, 3.63) is 46.6 Å². The van der Waals surface area contributed by atoms with E-state index in [2.05, 4.69) is 26.1 Å². The number of carbonyl (C=O) groups excluding carboxylic acids is 1. The van der Waals surface area contributed by atoms with Gasteiger partial charge in [0.2, 0.25) is 5.82 Å². The molecule has 1 amide bonds. The van der Waals surface area contributed by atoms with Gasteiger partial charge in [0, 0.05) is 24.2 Å². The SMILES string of the molecule is O=C(c1cccc(-c2noc(-c3ccc(Br)o3)n2)c1)N1CCCCC1. The lowest BCUT2D eigenvalue weighted by atomic mass is 10.1. The summed E-state index contributed by atoms with van der Waals surface area (Å²) in [7, 11) is 0. The molecule has 0 spiro atoms. The molecule has 1 aromatic carbocycles. The molecule has 3 aromatic rings. The number of likely N-dealkylation sites (tertiary alicyclic amines) is 1. The fourth-order valence-electron chi connectivity index (χ4n) is 2.94. The zero-order chi connectivity index (χ0) is 17.2. The number of benzene rings is 1. The van der Waals surface area contributed by atoms with Gasteiger partial charge < -0.3 is 13.8 Å². The molecule has 0 radical (unpaired) electrons. The van der Waals surface area contributed by atoms with E-state index in [1.165, 1.54) is 6.42 Å². The van der Waals surface area contributed by atoms with Crippen LogP contribution in [0.5, 0.6) is 0 Å². The molecule has 3 heterocycles. The van der Waals surface area contributed by atoms with Gasteiger partial charge in [-0.1, -0.05) is 17.3 Å². The van der Waals surface area contributed by atoms with Gasteiger partial charge >= 0.3 is 0 Å². The number of amides is 1. The van der Waals surface area contributed by atoms with E-state index in [1.54, 1.807) is 12.1 Å². The van der Waals surface area contributed by atoms with Crippen molar-refractivity contribution in [3.63, 3.8) is 0 Å². The van der Waals surface area contributed by atoms with Crippen LogP contribution in [0.15, 0.2) is 50.0 Å². The van der Waals surface area contributed by atoms with Crippen LogP contribution < -0.4 is 0 Å². The molecule has 0 N–H and O–H groups in total. The molecule has 6 nitrogen and oxygen atoms in total. The van der Waals surface area contributed by atoms with Gasteiger partial charge in [-0.25, -0.2) is 0 Å². The average molecular weight is 402 g/mol. The largest absolute Gasteiger partial charge is 0.444 e. The molecule has 4 rings (SSSR count). The average Bonchev–Trinajstić information content (AvgIpc) is 3.31. The van der Waals surface area contributed by atoms with Crippen LogP contribution in [0.2, 0.25) is 0 Å². The number of halogens is 1. The van der Waals surface area contributed by atoms with Crippen molar-refractivity contribution in [3.8, 4) is 23.0 Å². The molecule has 0 atom stereocenters. The van der Waals surface area contributed by atoms with Gasteiger partial charge in [-0.05, 0) is 59.5 Å². The lowest BCUT2D eigenvalue weighted by Gasteiger charge is -2.26. The van der Waals surface area contributed by atoms with Gasteiger partial charge in [0.15, 0.2) is 10.4 Å². The molecule has 1 aliphatic rings. The molecule has 25 heavy (non-hydrogen) atoms. The Morgan fingerprint density at radius 2 is 1.96 bits per heavy atom. The molecular formula is C18H16BrN3O3. The fraction of sp³-hybridized carbons (Fsp3) is 0.278. The predicted molar refractivity (Wildman–Crippen MR) is 94.9 cm³/mol. The van der Waals surface area contributed by atoms with E-state index in [9.17, 15) is 4.79 Å². The van der Waals surface area contributed by atoms with E-state index in [-0.39, 0.29) is 5.91 Å². The molecule has 1 aliphatic heterocycles.